The molecule has 2 aliphatic heterocycles. The molecule has 1 fully saturated rings. The van der Waals surface area contributed by atoms with E-state index in [0.29, 0.717) is 48.4 Å². The van der Waals surface area contributed by atoms with Gasteiger partial charge in [-0.2, -0.15) is 0 Å². The van der Waals surface area contributed by atoms with E-state index in [-0.39, 0.29) is 106 Å². The number of piperazine rings is 1. The van der Waals surface area contributed by atoms with Gasteiger partial charge < -0.3 is 41.1 Å². The maximum absolute atomic E-state index is 14.5. The summed E-state index contributed by atoms with van der Waals surface area (Å²) < 4.78 is 5.77. The molecule has 0 saturated carbocycles. The number of nitrogens with two attached hydrogens (primary N) is 1. The largest absolute Gasteiger partial charge is 0.455 e. The molecule has 0 unspecified atom stereocenters. The monoisotopic (exact) mass is 1040 g/mol. The maximum atomic E-state index is 14.5. The highest BCUT2D eigenvalue weighted by atomic mass is 32.1. The first-order valence-electron chi connectivity index (χ1n) is 25.8. The minimum Gasteiger partial charge on any atom is -0.455 e. The molecule has 0 spiro atoms. The summed E-state index contributed by atoms with van der Waals surface area (Å²) in [5, 5.41) is 11.2. The molecule has 0 bridgehead atoms. The van der Waals surface area contributed by atoms with Crippen LogP contribution >= 0.6 is 11.3 Å². The molecule has 2 aliphatic rings. The van der Waals surface area contributed by atoms with Gasteiger partial charge in [0.25, 0.3) is 17.7 Å². The first kappa shape index (κ1) is 58.3. The number of benzene rings is 1. The minimum atomic E-state index is -1.27. The van der Waals surface area contributed by atoms with Gasteiger partial charge in [0.05, 0.1) is 5.52 Å². The first-order valence-corrected chi connectivity index (χ1v) is 26.7. The number of rotatable bonds is 27. The highest BCUT2D eigenvalue weighted by Crippen LogP contribution is 2.31. The zero-order chi connectivity index (χ0) is 54.1. The normalized spacial score (nSPS) is 16.1. The number of amides is 8. The predicted octanol–water partition coefficient (Wildman–Crippen LogP) is 3.83. The van der Waals surface area contributed by atoms with Gasteiger partial charge in [0.2, 0.25) is 29.5 Å². The minimum absolute atomic E-state index is 0.00935. The predicted molar refractivity (Wildman–Crippen MR) is 279 cm³/mol. The van der Waals surface area contributed by atoms with Gasteiger partial charge in [0.1, 0.15) is 28.8 Å². The second-order valence-electron chi connectivity index (χ2n) is 19.4. The molecule has 402 valence electrons. The van der Waals surface area contributed by atoms with Crippen LogP contribution in [0.3, 0.4) is 0 Å². The van der Waals surface area contributed by atoms with E-state index in [0.717, 1.165) is 28.0 Å². The molecule has 4 heterocycles. The summed E-state index contributed by atoms with van der Waals surface area (Å²) in [6, 6.07) is 7.41. The van der Waals surface area contributed by atoms with Gasteiger partial charge in [0, 0.05) is 107 Å². The number of hydrogen-bond acceptors (Lipinski definition) is 14. The van der Waals surface area contributed by atoms with Crippen molar-refractivity contribution >= 4 is 75.5 Å². The van der Waals surface area contributed by atoms with Gasteiger partial charge in [-0.05, 0) is 62.6 Å². The lowest BCUT2D eigenvalue weighted by Gasteiger charge is -2.36. The van der Waals surface area contributed by atoms with Crippen LogP contribution in [0.4, 0.5) is 0 Å². The Hall–Kier alpha value is -6.61. The summed E-state index contributed by atoms with van der Waals surface area (Å²) in [7, 11) is 1.75. The number of hydrogen-bond donors (Lipinski definition) is 4. The van der Waals surface area contributed by atoms with Crippen LogP contribution in [0.25, 0.3) is 10.9 Å². The lowest BCUT2D eigenvalue weighted by atomic mass is 9.95. The first-order chi connectivity index (χ1) is 35.3. The number of para-hydroxylation sites is 1. The molecule has 0 radical (unpaired) electrons. The van der Waals surface area contributed by atoms with Gasteiger partial charge in [0.15, 0.2) is 6.10 Å². The van der Waals surface area contributed by atoms with Crippen molar-refractivity contribution < 1.29 is 47.9 Å². The summed E-state index contributed by atoms with van der Waals surface area (Å²) in [5.74, 6) is -3.69. The fraction of sp³-hybridized carbons (Fsp3) is 0.566. The third-order valence-electron chi connectivity index (χ3n) is 13.6. The lowest BCUT2D eigenvalue weighted by molar-refractivity contribution is -0.148. The van der Waals surface area contributed by atoms with Crippen LogP contribution in [0.1, 0.15) is 127 Å². The van der Waals surface area contributed by atoms with Crippen LogP contribution in [0.5, 0.6) is 0 Å². The third-order valence-corrected chi connectivity index (χ3v) is 14.5. The zero-order valence-electron chi connectivity index (χ0n) is 43.8. The molecule has 6 atom stereocenters. The molecule has 5 N–H and O–H groups in total. The molecule has 3 aromatic rings. The number of carbonyl (C=O) groups excluding carboxylic acids is 9. The van der Waals surface area contributed by atoms with E-state index >= 15 is 0 Å². The number of esters is 1. The number of carbonyl (C=O) groups is 9. The number of pyridine rings is 1. The van der Waals surface area contributed by atoms with E-state index in [1.165, 1.54) is 24.5 Å². The van der Waals surface area contributed by atoms with Gasteiger partial charge in [-0.25, -0.2) is 4.98 Å². The number of aromatic nitrogens is 2. The van der Waals surface area contributed by atoms with Gasteiger partial charge in [-0.1, -0.05) is 65.3 Å². The van der Waals surface area contributed by atoms with E-state index in [9.17, 15) is 43.2 Å². The lowest BCUT2D eigenvalue weighted by Crippen LogP contribution is -2.59. The highest BCUT2D eigenvalue weighted by Gasteiger charge is 2.35. The Kier molecular flexibility index (Phi) is 22.2. The van der Waals surface area contributed by atoms with E-state index in [4.69, 9.17) is 15.5 Å². The van der Waals surface area contributed by atoms with Crippen molar-refractivity contribution in [3.8, 4) is 0 Å². The SMILES string of the molecule is CC[C@H](C)CC(=O)N(C)[C@H](C[C@@H](OC(C)=O)c1nc(C(=O)N[C@@H](Cc2ccc3ccccc3n2)C(=O)N[C@H](CCCCN)C(=O)N[C@@H](CC)C(=O)N2CCN(C(=O)CCCN3C(=O)C=CC3=O)CC2)cs1)C(C)C. The Morgan fingerprint density at radius 1 is 0.811 bits per heavy atom. The fourth-order valence-corrected chi connectivity index (χ4v) is 9.76. The summed E-state index contributed by atoms with van der Waals surface area (Å²) in [5.41, 5.74) is 6.95. The molecule has 74 heavy (non-hydrogen) atoms. The van der Waals surface area contributed by atoms with Crippen molar-refractivity contribution in [2.24, 2.45) is 17.6 Å². The molecule has 2 aromatic heterocycles. The molecule has 20 nitrogen and oxygen atoms in total. The topological polar surface area (TPSA) is 264 Å². The number of fused-ring (bicyclic) bond motifs is 1. The van der Waals surface area contributed by atoms with E-state index in [1.807, 2.05) is 58.0 Å². The van der Waals surface area contributed by atoms with Gasteiger partial charge >= 0.3 is 5.97 Å². The van der Waals surface area contributed by atoms with Crippen LogP contribution in [0, 0.1) is 11.8 Å². The van der Waals surface area contributed by atoms with Crippen LogP contribution in [0.15, 0.2) is 53.9 Å². The smallest absolute Gasteiger partial charge is 0.303 e. The second kappa shape index (κ2) is 28.2. The quantitative estimate of drug-likeness (QED) is 0.0481. The van der Waals surface area contributed by atoms with E-state index in [1.54, 1.807) is 34.7 Å². The number of imide groups is 1. The molecule has 1 saturated heterocycles. The van der Waals surface area contributed by atoms with Crippen molar-refractivity contribution in [1.82, 2.24) is 45.5 Å². The summed E-state index contributed by atoms with van der Waals surface area (Å²) in [4.78, 5) is 135. The van der Waals surface area contributed by atoms with Crippen molar-refractivity contribution in [3.63, 3.8) is 0 Å². The number of nitrogens with one attached hydrogen (secondary N) is 3. The zero-order valence-corrected chi connectivity index (χ0v) is 44.6. The van der Waals surface area contributed by atoms with Gasteiger partial charge in [-0.3, -0.25) is 53.0 Å². The molecule has 21 heteroatoms. The van der Waals surface area contributed by atoms with E-state index < -0.39 is 59.7 Å². The molecule has 1 aromatic carbocycles. The summed E-state index contributed by atoms with van der Waals surface area (Å²) >= 11 is 1.11. The summed E-state index contributed by atoms with van der Waals surface area (Å²) in [6.45, 7) is 12.5. The Balaban J connectivity index is 1.30. The fourth-order valence-electron chi connectivity index (χ4n) is 8.92. The van der Waals surface area contributed by atoms with Gasteiger partial charge in [-0.15, -0.1) is 11.3 Å². The van der Waals surface area contributed by atoms with Crippen molar-refractivity contribution in [1.29, 1.82) is 0 Å². The Morgan fingerprint density at radius 2 is 1.47 bits per heavy atom. The molecular weight excluding hydrogens is 969 g/mol. The molecular formula is C53H74N10O10S. The third kappa shape index (κ3) is 16.4. The van der Waals surface area contributed by atoms with Crippen molar-refractivity contribution in [2.45, 2.75) is 136 Å². The number of unbranched alkanes of at least 4 members (excludes halogenated alkanes) is 1. The number of nitrogens with zero attached hydrogens (tertiary/aromatic N) is 6. The van der Waals surface area contributed by atoms with Crippen LogP contribution in [-0.4, -0.2) is 153 Å². The Labute approximate surface area is 437 Å². The molecule has 5 rings (SSSR count). The molecule has 0 aliphatic carbocycles. The standard InChI is InChI=1S/C53H74N10O10S/c1-8-34(5)29-48(68)60(7)43(33(3)4)31-44(73-35(6)64)52-59-42(32-74-52)51(71)58-41(30-37-20-19-36-15-10-11-16-39(36)55-37)50(70)57-40(17-12-13-23-54)49(69)56-38(9-2)53(72)62-27-25-61(26-28-62)45(65)18-14-24-63-46(66)21-22-47(63)67/h10-11,15-16,19-22,32-34,38,40-41,43-44H,8-9,12-14,17-18,23-31,54H2,1-7H3,(H,56,69)(H,57,70)(H,58,71)/t34-,38-,40+,41-,43+,44+/m0/s1. The number of ether oxygens (including phenoxy) is 1. The van der Waals surface area contributed by atoms with E-state index in [2.05, 4.69) is 20.9 Å². The number of thiazole rings is 1. The van der Waals surface area contributed by atoms with Crippen molar-refractivity contribution in [3.05, 3.63) is 70.3 Å². The second-order valence-corrected chi connectivity index (χ2v) is 20.3. The summed E-state index contributed by atoms with van der Waals surface area (Å²) in [6.07, 6.45) is 4.78. The average Bonchev–Trinajstić information content (AvgIpc) is 4.01. The maximum Gasteiger partial charge on any atom is 0.303 e. The highest BCUT2D eigenvalue weighted by molar-refractivity contribution is 7.09. The molecule has 8 amide bonds. The average molecular weight is 1040 g/mol. The van der Waals surface area contributed by atoms with Crippen LogP contribution < -0.4 is 21.7 Å². The Morgan fingerprint density at radius 3 is 2.12 bits per heavy atom. The van der Waals surface area contributed by atoms with Crippen molar-refractivity contribution in [2.75, 3.05) is 46.3 Å². The van der Waals surface area contributed by atoms with Crippen LogP contribution in [0.2, 0.25) is 0 Å². The Bertz CT molecular complexity index is 2490. The van der Waals surface area contributed by atoms with Crippen LogP contribution in [-0.2, 0) is 49.5 Å².